The Hall–Kier alpha value is -1.49. The average Bonchev–Trinajstić information content (AvgIpc) is 2.77. The number of anilines is 1. The number of benzene rings is 2. The zero-order valence-corrected chi connectivity index (χ0v) is 21.1. The highest BCUT2D eigenvalue weighted by atomic mass is 35.5. The van der Waals surface area contributed by atoms with E-state index in [2.05, 4.69) is 19.2 Å². The fraction of sp³-hybridized carbons (Fsp3) is 0.462. The molecule has 2 aromatic carbocycles. The monoisotopic (exact) mass is 491 g/mol. The van der Waals surface area contributed by atoms with Crippen molar-refractivity contribution in [2.45, 2.75) is 70.1 Å². The van der Waals surface area contributed by atoms with Crippen LogP contribution in [-0.2, 0) is 16.0 Å². The van der Waals surface area contributed by atoms with Crippen molar-refractivity contribution >= 4 is 51.7 Å². The summed E-state index contributed by atoms with van der Waals surface area (Å²) in [6.07, 6.45) is 7.34. The van der Waals surface area contributed by atoms with Crippen molar-refractivity contribution < 1.29 is 9.59 Å². The van der Waals surface area contributed by atoms with E-state index in [4.69, 9.17) is 23.2 Å². The Bertz CT molecular complexity index is 940. The van der Waals surface area contributed by atoms with Gasteiger partial charge < -0.3 is 5.32 Å². The molecule has 32 heavy (non-hydrogen) atoms. The summed E-state index contributed by atoms with van der Waals surface area (Å²) in [5.74, 6) is 0.585. The molecule has 172 valence electrons. The lowest BCUT2D eigenvalue weighted by Gasteiger charge is -2.36. The smallest absolute Gasteiger partial charge is 0.230 e. The minimum atomic E-state index is -0.357. The largest absolute Gasteiger partial charge is 0.325 e. The SMILES string of the molecule is CC(C)CCC1(C(=O)Nc2cc(Cl)c(Cl)cc2SC(=O)Cc2ccccc2)CCCCC1. The van der Waals surface area contributed by atoms with Crippen LogP contribution in [0.15, 0.2) is 47.4 Å². The van der Waals surface area contributed by atoms with E-state index in [1.807, 2.05) is 30.3 Å². The summed E-state index contributed by atoms with van der Waals surface area (Å²) in [5, 5.41) is 3.84. The number of rotatable bonds is 8. The molecule has 1 amide bonds. The fourth-order valence-corrected chi connectivity index (χ4v) is 5.54. The van der Waals surface area contributed by atoms with E-state index in [1.54, 1.807) is 12.1 Å². The van der Waals surface area contributed by atoms with Gasteiger partial charge in [-0.3, -0.25) is 9.59 Å². The summed E-state index contributed by atoms with van der Waals surface area (Å²) in [6.45, 7) is 4.39. The second kappa shape index (κ2) is 11.6. The maximum atomic E-state index is 13.5. The summed E-state index contributed by atoms with van der Waals surface area (Å²) in [6, 6.07) is 13.0. The molecule has 0 aliphatic heterocycles. The number of hydrogen-bond donors (Lipinski definition) is 1. The Morgan fingerprint density at radius 1 is 1.03 bits per heavy atom. The number of thioether (sulfide) groups is 1. The Labute approximate surface area is 205 Å². The molecule has 0 radical (unpaired) electrons. The Kier molecular flexibility index (Phi) is 9.10. The van der Waals surface area contributed by atoms with Crippen LogP contribution in [0.3, 0.4) is 0 Å². The third-order valence-corrected chi connectivity index (χ3v) is 7.83. The molecule has 1 fully saturated rings. The molecule has 1 aliphatic carbocycles. The molecule has 0 spiro atoms. The normalized spacial score (nSPS) is 15.5. The summed E-state index contributed by atoms with van der Waals surface area (Å²) in [4.78, 5) is 26.9. The zero-order chi connectivity index (χ0) is 23.1. The van der Waals surface area contributed by atoms with Crippen LogP contribution in [-0.4, -0.2) is 11.0 Å². The summed E-state index contributed by atoms with van der Waals surface area (Å²) < 4.78 is 0. The van der Waals surface area contributed by atoms with Crippen LogP contribution < -0.4 is 5.32 Å². The van der Waals surface area contributed by atoms with Crippen molar-refractivity contribution in [3.05, 3.63) is 58.1 Å². The van der Waals surface area contributed by atoms with E-state index in [9.17, 15) is 9.59 Å². The van der Waals surface area contributed by atoms with Crippen LogP contribution >= 0.6 is 35.0 Å². The van der Waals surface area contributed by atoms with Crippen molar-refractivity contribution in [3.63, 3.8) is 0 Å². The van der Waals surface area contributed by atoms with Gasteiger partial charge in [0.25, 0.3) is 0 Å². The first-order valence-electron chi connectivity index (χ1n) is 11.3. The second-order valence-corrected chi connectivity index (χ2v) is 11.0. The average molecular weight is 493 g/mol. The Morgan fingerprint density at radius 2 is 1.69 bits per heavy atom. The van der Waals surface area contributed by atoms with Crippen LogP contribution in [0.4, 0.5) is 5.69 Å². The van der Waals surface area contributed by atoms with Crippen LogP contribution in [0.2, 0.25) is 10.0 Å². The molecular weight excluding hydrogens is 461 g/mol. The molecule has 6 heteroatoms. The van der Waals surface area contributed by atoms with Crippen LogP contribution in [0.25, 0.3) is 0 Å². The maximum Gasteiger partial charge on any atom is 0.230 e. The van der Waals surface area contributed by atoms with Gasteiger partial charge >= 0.3 is 0 Å². The molecule has 2 aromatic rings. The molecule has 0 atom stereocenters. The minimum absolute atomic E-state index is 0.0164. The molecule has 3 rings (SSSR count). The topological polar surface area (TPSA) is 46.2 Å². The molecule has 0 unspecified atom stereocenters. The first-order chi connectivity index (χ1) is 15.3. The number of carbonyl (C=O) groups excluding carboxylic acids is 2. The number of amides is 1. The molecule has 0 saturated heterocycles. The van der Waals surface area contributed by atoms with E-state index in [0.717, 1.165) is 55.9 Å². The van der Waals surface area contributed by atoms with Crippen molar-refractivity contribution in [2.75, 3.05) is 5.32 Å². The van der Waals surface area contributed by atoms with Gasteiger partial charge in [0.1, 0.15) is 0 Å². The number of carbonyl (C=O) groups is 2. The van der Waals surface area contributed by atoms with Gasteiger partial charge in [0, 0.05) is 16.7 Å². The highest BCUT2D eigenvalue weighted by Gasteiger charge is 2.39. The number of hydrogen-bond acceptors (Lipinski definition) is 3. The van der Waals surface area contributed by atoms with E-state index < -0.39 is 0 Å². The van der Waals surface area contributed by atoms with Gasteiger partial charge in [0.2, 0.25) is 5.91 Å². The molecule has 1 N–H and O–H groups in total. The van der Waals surface area contributed by atoms with E-state index in [0.29, 0.717) is 33.0 Å². The summed E-state index contributed by atoms with van der Waals surface area (Å²) >= 11 is 13.6. The molecule has 0 heterocycles. The molecule has 0 aromatic heterocycles. The van der Waals surface area contributed by atoms with Crippen molar-refractivity contribution in [3.8, 4) is 0 Å². The summed E-state index contributed by atoms with van der Waals surface area (Å²) in [5.41, 5.74) is 1.15. The Balaban J connectivity index is 1.80. The van der Waals surface area contributed by atoms with Crippen LogP contribution in [0.1, 0.15) is 64.4 Å². The van der Waals surface area contributed by atoms with Gasteiger partial charge in [0.15, 0.2) is 5.12 Å². The molecule has 1 aliphatic rings. The lowest BCUT2D eigenvalue weighted by molar-refractivity contribution is -0.128. The molecule has 0 bridgehead atoms. The van der Waals surface area contributed by atoms with Gasteiger partial charge in [0.05, 0.1) is 15.7 Å². The third-order valence-electron chi connectivity index (χ3n) is 6.18. The predicted octanol–water partition coefficient (Wildman–Crippen LogP) is 8.18. The van der Waals surface area contributed by atoms with Gasteiger partial charge in [-0.25, -0.2) is 0 Å². The van der Waals surface area contributed by atoms with Crippen molar-refractivity contribution in [2.24, 2.45) is 11.3 Å². The van der Waals surface area contributed by atoms with E-state index in [1.165, 1.54) is 6.42 Å². The first-order valence-corrected chi connectivity index (χ1v) is 12.9. The van der Waals surface area contributed by atoms with Gasteiger partial charge in [-0.1, -0.05) is 86.6 Å². The maximum absolute atomic E-state index is 13.5. The Morgan fingerprint density at radius 3 is 2.34 bits per heavy atom. The summed E-state index contributed by atoms with van der Waals surface area (Å²) in [7, 11) is 0. The number of halogens is 2. The molecule has 1 saturated carbocycles. The van der Waals surface area contributed by atoms with Crippen LogP contribution in [0.5, 0.6) is 0 Å². The van der Waals surface area contributed by atoms with Gasteiger partial charge in [-0.05, 0) is 61.1 Å². The minimum Gasteiger partial charge on any atom is -0.325 e. The lowest BCUT2D eigenvalue weighted by atomic mass is 9.69. The van der Waals surface area contributed by atoms with Gasteiger partial charge in [-0.15, -0.1) is 0 Å². The molecule has 3 nitrogen and oxygen atoms in total. The molecular formula is C26H31Cl2NO2S. The quantitative estimate of drug-likeness (QED) is 0.378. The van der Waals surface area contributed by atoms with Crippen LogP contribution in [0, 0.1) is 11.3 Å². The third kappa shape index (κ3) is 6.76. The standard InChI is InChI=1S/C26H31Cl2NO2S/c1-18(2)11-14-26(12-7-4-8-13-26)25(31)29-22-16-20(27)21(28)17-23(22)32-24(30)15-19-9-5-3-6-10-19/h3,5-6,9-10,16-18H,4,7-8,11-15H2,1-2H3,(H,29,31). The highest BCUT2D eigenvalue weighted by Crippen LogP contribution is 2.43. The first kappa shape index (κ1) is 25.1. The lowest BCUT2D eigenvalue weighted by Crippen LogP contribution is -2.38. The van der Waals surface area contributed by atoms with Gasteiger partial charge in [-0.2, -0.15) is 0 Å². The zero-order valence-electron chi connectivity index (χ0n) is 18.8. The van der Waals surface area contributed by atoms with E-state index >= 15 is 0 Å². The van der Waals surface area contributed by atoms with Crippen molar-refractivity contribution in [1.29, 1.82) is 0 Å². The fourth-order valence-electron chi connectivity index (χ4n) is 4.27. The predicted molar refractivity (Wildman–Crippen MR) is 136 cm³/mol. The number of nitrogens with one attached hydrogen (secondary N) is 1. The van der Waals surface area contributed by atoms with E-state index in [-0.39, 0.29) is 16.4 Å². The highest BCUT2D eigenvalue weighted by molar-refractivity contribution is 8.13. The van der Waals surface area contributed by atoms with Crippen molar-refractivity contribution in [1.82, 2.24) is 0 Å². The second-order valence-electron chi connectivity index (χ2n) is 9.13.